The molecule has 0 bridgehead atoms. The molecular weight excluding hydrogens is 521 g/mol. The molecule has 0 atom stereocenters. The Morgan fingerprint density at radius 2 is 1.56 bits per heavy atom. The molecule has 3 rings (SSSR count). The van der Waals surface area contributed by atoms with E-state index >= 15 is 0 Å². The number of carbonyl (C=O) groups is 1. The number of alkyl halides is 3. The summed E-state index contributed by atoms with van der Waals surface area (Å²) in [4.78, 5) is 21.7. The van der Waals surface area contributed by atoms with Crippen molar-refractivity contribution in [2.45, 2.75) is 44.5 Å². The first-order chi connectivity index (χ1) is 18.5. The highest BCUT2D eigenvalue weighted by Crippen LogP contribution is 2.30. The molecule has 0 spiro atoms. The summed E-state index contributed by atoms with van der Waals surface area (Å²) in [5, 5.41) is 0. The summed E-state index contributed by atoms with van der Waals surface area (Å²) < 4.78 is 37.1. The number of anilines is 1. The van der Waals surface area contributed by atoms with Crippen molar-refractivity contribution in [3.05, 3.63) is 66.4 Å². The molecule has 0 saturated carbocycles. The zero-order valence-corrected chi connectivity index (χ0v) is 24.4. The third-order valence-corrected chi connectivity index (χ3v) is 7.94. The fourth-order valence-corrected chi connectivity index (χ4v) is 5.31. The van der Waals surface area contributed by atoms with Crippen LogP contribution in [0.25, 0.3) is 0 Å². The van der Waals surface area contributed by atoms with Gasteiger partial charge in [0.05, 0.1) is 0 Å². The molecule has 216 valence electrons. The molecule has 2 heterocycles. The summed E-state index contributed by atoms with van der Waals surface area (Å²) in [6.45, 7) is 17.9. The van der Waals surface area contributed by atoms with Crippen molar-refractivity contribution < 1.29 is 18.0 Å². The Labute approximate surface area is 236 Å². The quantitative estimate of drug-likeness (QED) is 0.330. The Hall–Kier alpha value is -2.39. The number of amides is 1. The van der Waals surface area contributed by atoms with E-state index in [0.29, 0.717) is 32.6 Å². The van der Waals surface area contributed by atoms with E-state index in [4.69, 9.17) is 0 Å². The summed E-state index contributed by atoms with van der Waals surface area (Å²) >= 11 is -0.0547. The minimum absolute atomic E-state index is 0.0547. The lowest BCUT2D eigenvalue weighted by Gasteiger charge is -2.37. The van der Waals surface area contributed by atoms with Crippen molar-refractivity contribution in [3.63, 3.8) is 0 Å². The van der Waals surface area contributed by atoms with Crippen molar-refractivity contribution in [1.29, 1.82) is 0 Å². The smallest absolute Gasteiger partial charge is 0.369 e. The minimum Gasteiger partial charge on any atom is -0.369 e. The fourth-order valence-electron chi connectivity index (χ4n) is 4.93. The molecule has 0 aromatic heterocycles. The number of hydrogen-bond donors (Lipinski definition) is 0. The topological polar surface area (TPSA) is 30.0 Å². The highest BCUT2D eigenvalue weighted by Gasteiger charge is 2.27. The number of piperazine rings is 2. The third-order valence-electron chi connectivity index (χ3n) is 7.25. The van der Waals surface area contributed by atoms with Gasteiger partial charge in [-0.15, -0.1) is 0 Å². The van der Waals surface area contributed by atoms with E-state index in [-0.39, 0.29) is 28.8 Å². The normalized spacial score (nSPS) is 18.2. The monoisotopic (exact) mass is 564 g/mol. The maximum absolute atomic E-state index is 12.8. The maximum Gasteiger partial charge on any atom is 0.442 e. The van der Waals surface area contributed by atoms with Crippen LogP contribution in [0.4, 0.5) is 18.9 Å². The van der Waals surface area contributed by atoms with Gasteiger partial charge in [-0.2, -0.15) is 13.2 Å². The van der Waals surface area contributed by atoms with E-state index < -0.39 is 5.51 Å². The summed E-state index contributed by atoms with van der Waals surface area (Å²) in [6, 6.07) is 8.93. The summed E-state index contributed by atoms with van der Waals surface area (Å²) in [7, 11) is 0. The molecule has 2 aliphatic rings. The van der Waals surface area contributed by atoms with Gasteiger partial charge in [0.2, 0.25) is 5.91 Å². The van der Waals surface area contributed by atoms with Gasteiger partial charge in [-0.05, 0) is 60.0 Å². The number of benzene rings is 1. The van der Waals surface area contributed by atoms with Crippen LogP contribution < -0.4 is 4.90 Å². The number of carbonyl (C=O) groups excluding carboxylic acids is 1. The minimum atomic E-state index is -4.23. The molecule has 5 nitrogen and oxygen atoms in total. The predicted molar refractivity (Wildman–Crippen MR) is 157 cm³/mol. The average molecular weight is 565 g/mol. The van der Waals surface area contributed by atoms with Crippen molar-refractivity contribution in [2.24, 2.45) is 0 Å². The largest absolute Gasteiger partial charge is 0.442 e. The molecule has 2 saturated heterocycles. The molecule has 0 aliphatic carbocycles. The van der Waals surface area contributed by atoms with Gasteiger partial charge < -0.3 is 14.7 Å². The zero-order valence-electron chi connectivity index (χ0n) is 23.6. The van der Waals surface area contributed by atoms with Crippen LogP contribution in [0, 0.1) is 0 Å². The van der Waals surface area contributed by atoms with E-state index in [1.54, 1.807) is 18.2 Å². The standard InChI is InChI=1S/C30H43F3N4OS/c1-5-8-26(9-7-24-39-30(31,32)33)36-20-22-37(23-21-36)28(38)10-6-15-34-16-18-35(19-17-34)27-13-11-25(12-14-27)29(2,3)4/h5,7-9,11-14H,1,6,10,15-24H2,2-4H3/b9-7-,26-8+. The van der Waals surface area contributed by atoms with Crippen LogP contribution in [0.15, 0.2) is 60.8 Å². The number of thioether (sulfide) groups is 1. The first-order valence-corrected chi connectivity index (χ1v) is 14.8. The lowest BCUT2D eigenvalue weighted by atomic mass is 9.87. The van der Waals surface area contributed by atoms with Gasteiger partial charge in [0, 0.05) is 75.9 Å². The van der Waals surface area contributed by atoms with Crippen LogP contribution in [0.1, 0.15) is 39.2 Å². The van der Waals surface area contributed by atoms with Crippen LogP contribution in [0.2, 0.25) is 0 Å². The molecule has 2 aliphatic heterocycles. The van der Waals surface area contributed by atoms with E-state index in [9.17, 15) is 18.0 Å². The van der Waals surface area contributed by atoms with Gasteiger partial charge in [0.25, 0.3) is 0 Å². The highest BCUT2D eigenvalue weighted by atomic mass is 32.2. The first kappa shape index (κ1) is 31.1. The van der Waals surface area contributed by atoms with Crippen LogP contribution in [-0.4, -0.2) is 90.8 Å². The molecular formula is C30H43F3N4OS. The van der Waals surface area contributed by atoms with Crippen molar-refractivity contribution in [1.82, 2.24) is 14.7 Å². The average Bonchev–Trinajstić information content (AvgIpc) is 2.90. The second kappa shape index (κ2) is 14.3. The Balaban J connectivity index is 1.35. The van der Waals surface area contributed by atoms with Crippen molar-refractivity contribution in [2.75, 3.05) is 69.6 Å². The van der Waals surface area contributed by atoms with E-state index in [0.717, 1.165) is 44.8 Å². The number of halogens is 3. The van der Waals surface area contributed by atoms with Gasteiger partial charge in [-0.1, -0.05) is 51.6 Å². The maximum atomic E-state index is 12.8. The lowest BCUT2D eigenvalue weighted by molar-refractivity contribution is -0.132. The van der Waals surface area contributed by atoms with Gasteiger partial charge in [0.15, 0.2) is 0 Å². The first-order valence-electron chi connectivity index (χ1n) is 13.8. The molecule has 0 unspecified atom stereocenters. The molecule has 39 heavy (non-hydrogen) atoms. The second-order valence-corrected chi connectivity index (χ2v) is 12.2. The molecule has 1 amide bonds. The predicted octanol–water partition coefficient (Wildman–Crippen LogP) is 5.91. The SMILES string of the molecule is C=C/C=C(\C=C/CSC(F)(F)F)N1CCN(C(=O)CCCN2CCN(c3ccc(C(C)(C)C)cc3)CC2)CC1. The van der Waals surface area contributed by atoms with Gasteiger partial charge >= 0.3 is 5.51 Å². The van der Waals surface area contributed by atoms with Crippen LogP contribution in [0.5, 0.6) is 0 Å². The van der Waals surface area contributed by atoms with E-state index in [1.165, 1.54) is 17.3 Å². The summed E-state index contributed by atoms with van der Waals surface area (Å²) in [5.41, 5.74) is -0.623. The Morgan fingerprint density at radius 1 is 0.949 bits per heavy atom. The van der Waals surface area contributed by atoms with Crippen LogP contribution in [0.3, 0.4) is 0 Å². The van der Waals surface area contributed by atoms with Crippen LogP contribution >= 0.6 is 11.8 Å². The number of allylic oxidation sites excluding steroid dienone is 3. The third kappa shape index (κ3) is 10.3. The second-order valence-electron chi connectivity index (χ2n) is 11.1. The molecule has 1 aromatic carbocycles. The number of hydrogen-bond acceptors (Lipinski definition) is 5. The van der Waals surface area contributed by atoms with Crippen molar-refractivity contribution in [3.8, 4) is 0 Å². The van der Waals surface area contributed by atoms with Gasteiger partial charge in [-0.3, -0.25) is 9.69 Å². The van der Waals surface area contributed by atoms with E-state index in [2.05, 4.69) is 66.3 Å². The van der Waals surface area contributed by atoms with Gasteiger partial charge in [0.1, 0.15) is 0 Å². The lowest BCUT2D eigenvalue weighted by Crippen LogP contribution is -2.48. The summed E-state index contributed by atoms with van der Waals surface area (Å²) in [5.74, 6) is 0.0503. The summed E-state index contributed by atoms with van der Waals surface area (Å²) in [6.07, 6.45) is 8.05. The molecule has 9 heteroatoms. The zero-order chi connectivity index (χ0) is 28.5. The Morgan fingerprint density at radius 3 is 2.13 bits per heavy atom. The van der Waals surface area contributed by atoms with E-state index in [1.807, 2.05) is 4.90 Å². The Bertz CT molecular complexity index is 985. The fraction of sp³-hybridized carbons (Fsp3) is 0.567. The van der Waals surface area contributed by atoms with Crippen LogP contribution in [-0.2, 0) is 10.2 Å². The Kier molecular flexibility index (Phi) is 11.4. The van der Waals surface area contributed by atoms with Gasteiger partial charge in [-0.25, -0.2) is 0 Å². The number of rotatable bonds is 10. The highest BCUT2D eigenvalue weighted by molar-refractivity contribution is 8.00. The molecule has 0 N–H and O–H groups in total. The number of nitrogens with zero attached hydrogens (tertiary/aromatic N) is 4. The molecule has 0 radical (unpaired) electrons. The molecule has 2 fully saturated rings. The van der Waals surface area contributed by atoms with Crippen molar-refractivity contribution >= 4 is 23.4 Å². The molecule has 1 aromatic rings.